The molecule has 0 radical (unpaired) electrons. The summed E-state index contributed by atoms with van der Waals surface area (Å²) in [4.78, 5) is 14.7. The second kappa shape index (κ2) is 4.25. The summed E-state index contributed by atoms with van der Waals surface area (Å²) in [6.45, 7) is 0. The highest BCUT2D eigenvalue weighted by Crippen LogP contribution is 2.32. The van der Waals surface area contributed by atoms with Gasteiger partial charge in [-0.25, -0.2) is 4.98 Å². The first-order valence-corrected chi connectivity index (χ1v) is 6.04. The number of anilines is 1. The topological polar surface area (TPSA) is 68.1 Å². The van der Waals surface area contributed by atoms with Gasteiger partial charge in [-0.3, -0.25) is 10.1 Å². The summed E-state index contributed by atoms with van der Waals surface area (Å²) < 4.78 is 0. The van der Waals surface area contributed by atoms with Crippen LogP contribution in [-0.2, 0) is 0 Å². The smallest absolute Gasteiger partial charge is 0.295 e. The van der Waals surface area contributed by atoms with Crippen LogP contribution in [0.4, 0.5) is 11.4 Å². The number of hydrogen-bond acceptors (Lipinski definition) is 4. The van der Waals surface area contributed by atoms with Crippen molar-refractivity contribution in [2.75, 3.05) is 5.32 Å². The van der Waals surface area contributed by atoms with Crippen molar-refractivity contribution in [3.05, 3.63) is 40.6 Å². The number of aromatic nitrogens is 1. The molecule has 0 aliphatic heterocycles. The molecule has 0 atom stereocenters. The van der Waals surface area contributed by atoms with Crippen molar-refractivity contribution in [3.8, 4) is 0 Å². The number of pyridine rings is 1. The number of non-ortho nitro benzene ring substituents is 1. The quantitative estimate of drug-likeness (QED) is 0.664. The van der Waals surface area contributed by atoms with Crippen molar-refractivity contribution in [1.29, 1.82) is 0 Å². The number of nitro benzene ring substituents is 1. The maximum atomic E-state index is 11.0. The van der Waals surface area contributed by atoms with E-state index in [1.807, 2.05) is 6.07 Å². The van der Waals surface area contributed by atoms with Crippen LogP contribution in [0.25, 0.3) is 10.9 Å². The van der Waals surface area contributed by atoms with Crippen molar-refractivity contribution in [2.24, 2.45) is 0 Å². The molecule has 1 aliphatic carbocycles. The Morgan fingerprint density at radius 1 is 1.33 bits per heavy atom. The molecule has 1 aromatic carbocycles. The number of fused-ring (bicyclic) bond motifs is 1. The van der Waals surface area contributed by atoms with E-state index in [1.165, 1.54) is 25.3 Å². The average molecular weight is 243 g/mol. The summed E-state index contributed by atoms with van der Waals surface area (Å²) in [7, 11) is 0. The number of nitrogens with one attached hydrogen (secondary N) is 1. The van der Waals surface area contributed by atoms with Gasteiger partial charge in [0.2, 0.25) is 0 Å². The summed E-state index contributed by atoms with van der Waals surface area (Å²) in [5.41, 5.74) is 1.45. The fourth-order valence-electron chi connectivity index (χ4n) is 2.20. The zero-order chi connectivity index (χ0) is 12.5. The second-order valence-electron chi connectivity index (χ2n) is 4.56. The van der Waals surface area contributed by atoms with Gasteiger partial charge in [0.05, 0.1) is 4.92 Å². The maximum Gasteiger partial charge on any atom is 0.295 e. The lowest BCUT2D eigenvalue weighted by Gasteiger charge is -2.28. The molecule has 0 amide bonds. The molecule has 18 heavy (non-hydrogen) atoms. The lowest BCUT2D eigenvalue weighted by molar-refractivity contribution is -0.383. The largest absolute Gasteiger partial charge is 0.382 e. The molecule has 92 valence electrons. The molecule has 0 unspecified atom stereocenters. The molecular formula is C13H13N3O2. The minimum absolute atomic E-state index is 0.0600. The minimum Gasteiger partial charge on any atom is -0.382 e. The SMILES string of the molecule is O=[N+]([O-])c1ccc(NC2CCC2)c2cccnc12. The van der Waals surface area contributed by atoms with E-state index in [9.17, 15) is 10.1 Å². The molecule has 1 N–H and O–H groups in total. The Morgan fingerprint density at radius 3 is 2.83 bits per heavy atom. The number of benzene rings is 1. The Kier molecular flexibility index (Phi) is 2.59. The molecule has 0 bridgehead atoms. The monoisotopic (exact) mass is 243 g/mol. The van der Waals surface area contributed by atoms with Gasteiger partial charge in [-0.15, -0.1) is 0 Å². The fourth-order valence-corrected chi connectivity index (χ4v) is 2.20. The van der Waals surface area contributed by atoms with Crippen LogP contribution < -0.4 is 5.32 Å². The third-order valence-corrected chi connectivity index (χ3v) is 3.41. The van der Waals surface area contributed by atoms with E-state index in [0.717, 1.165) is 11.1 Å². The third kappa shape index (κ3) is 1.77. The van der Waals surface area contributed by atoms with Gasteiger partial charge < -0.3 is 5.32 Å². The molecule has 1 fully saturated rings. The third-order valence-electron chi connectivity index (χ3n) is 3.41. The van der Waals surface area contributed by atoms with Crippen LogP contribution in [0.1, 0.15) is 19.3 Å². The number of nitrogens with zero attached hydrogens (tertiary/aromatic N) is 2. The normalized spacial score (nSPS) is 15.3. The Morgan fingerprint density at radius 2 is 2.17 bits per heavy atom. The maximum absolute atomic E-state index is 11.0. The first-order valence-electron chi connectivity index (χ1n) is 6.04. The van der Waals surface area contributed by atoms with Gasteiger partial charge in [-0.1, -0.05) is 0 Å². The zero-order valence-electron chi connectivity index (χ0n) is 9.80. The van der Waals surface area contributed by atoms with Crippen LogP contribution in [0.15, 0.2) is 30.5 Å². The highest BCUT2D eigenvalue weighted by molar-refractivity contribution is 5.97. The van der Waals surface area contributed by atoms with E-state index in [-0.39, 0.29) is 10.6 Å². The predicted octanol–water partition coefficient (Wildman–Crippen LogP) is 3.11. The van der Waals surface area contributed by atoms with Gasteiger partial charge in [0.25, 0.3) is 5.69 Å². The molecule has 1 aromatic heterocycles. The molecule has 3 rings (SSSR count). The molecule has 0 spiro atoms. The summed E-state index contributed by atoms with van der Waals surface area (Å²) in [6, 6.07) is 7.47. The molecule has 5 heteroatoms. The van der Waals surface area contributed by atoms with Crippen molar-refractivity contribution < 1.29 is 4.92 Å². The Hall–Kier alpha value is -2.17. The lowest BCUT2D eigenvalue weighted by Crippen LogP contribution is -2.27. The molecule has 1 saturated carbocycles. The van der Waals surface area contributed by atoms with E-state index in [0.29, 0.717) is 11.6 Å². The average Bonchev–Trinajstić information content (AvgIpc) is 2.33. The minimum atomic E-state index is -0.386. The van der Waals surface area contributed by atoms with Gasteiger partial charge in [-0.05, 0) is 37.5 Å². The van der Waals surface area contributed by atoms with Gasteiger partial charge >= 0.3 is 0 Å². The van der Waals surface area contributed by atoms with Gasteiger partial charge in [0, 0.05) is 29.4 Å². The van der Waals surface area contributed by atoms with Crippen LogP contribution in [0.3, 0.4) is 0 Å². The molecule has 1 aliphatic rings. The molecule has 1 heterocycles. The van der Waals surface area contributed by atoms with Crippen molar-refractivity contribution in [3.63, 3.8) is 0 Å². The Bertz CT molecular complexity index is 608. The number of rotatable bonds is 3. The van der Waals surface area contributed by atoms with Crippen molar-refractivity contribution >= 4 is 22.3 Å². The van der Waals surface area contributed by atoms with E-state index in [1.54, 1.807) is 18.3 Å². The first kappa shape index (κ1) is 11.0. The van der Waals surface area contributed by atoms with Gasteiger partial charge in [0.1, 0.15) is 5.52 Å². The zero-order valence-corrected chi connectivity index (χ0v) is 9.80. The summed E-state index contributed by atoms with van der Waals surface area (Å²) in [5, 5.41) is 15.2. The van der Waals surface area contributed by atoms with Crippen molar-refractivity contribution in [1.82, 2.24) is 4.98 Å². The van der Waals surface area contributed by atoms with Crippen LogP contribution in [-0.4, -0.2) is 15.9 Å². The van der Waals surface area contributed by atoms with Crippen molar-refractivity contribution in [2.45, 2.75) is 25.3 Å². The van der Waals surface area contributed by atoms with Crippen LogP contribution in [0.5, 0.6) is 0 Å². The fraction of sp³-hybridized carbons (Fsp3) is 0.308. The molecule has 2 aromatic rings. The molecule has 0 saturated heterocycles. The van der Waals surface area contributed by atoms with Crippen LogP contribution in [0, 0.1) is 10.1 Å². The number of nitro groups is 1. The van der Waals surface area contributed by atoms with E-state index < -0.39 is 0 Å². The summed E-state index contributed by atoms with van der Waals surface area (Å²) in [6.07, 6.45) is 5.17. The summed E-state index contributed by atoms with van der Waals surface area (Å²) >= 11 is 0. The van der Waals surface area contributed by atoms with E-state index >= 15 is 0 Å². The number of hydrogen-bond donors (Lipinski definition) is 1. The highest BCUT2D eigenvalue weighted by Gasteiger charge is 2.20. The molecular weight excluding hydrogens is 230 g/mol. The van der Waals surface area contributed by atoms with Crippen LogP contribution in [0.2, 0.25) is 0 Å². The molecule has 5 nitrogen and oxygen atoms in total. The Balaban J connectivity index is 2.10. The predicted molar refractivity (Wildman–Crippen MR) is 69.7 cm³/mol. The van der Waals surface area contributed by atoms with Crippen LogP contribution >= 0.6 is 0 Å². The van der Waals surface area contributed by atoms with E-state index in [2.05, 4.69) is 10.3 Å². The van der Waals surface area contributed by atoms with Gasteiger partial charge in [-0.2, -0.15) is 0 Å². The summed E-state index contributed by atoms with van der Waals surface area (Å²) in [5.74, 6) is 0. The standard InChI is InChI=1S/C13H13N3O2/c17-16(18)12-7-6-11(15-9-3-1-4-9)10-5-2-8-14-13(10)12/h2,5-9,15H,1,3-4H2. The second-order valence-corrected chi connectivity index (χ2v) is 4.56. The van der Waals surface area contributed by atoms with E-state index in [4.69, 9.17) is 0 Å². The highest BCUT2D eigenvalue weighted by atomic mass is 16.6. The first-order chi connectivity index (χ1) is 8.75. The Labute approximate surface area is 104 Å². The van der Waals surface area contributed by atoms with Gasteiger partial charge in [0.15, 0.2) is 0 Å². The lowest BCUT2D eigenvalue weighted by atomic mass is 9.92.